The van der Waals surface area contributed by atoms with Crippen molar-refractivity contribution in [2.24, 2.45) is 0 Å². The van der Waals surface area contributed by atoms with Crippen molar-refractivity contribution in [2.75, 3.05) is 11.9 Å². The van der Waals surface area contributed by atoms with Gasteiger partial charge in [-0.15, -0.1) is 0 Å². The molecule has 1 fully saturated rings. The molecular weight excluding hydrogens is 294 g/mol. The third-order valence-electron chi connectivity index (χ3n) is 3.11. The minimum atomic E-state index is 0.0668. The van der Waals surface area contributed by atoms with Gasteiger partial charge in [-0.2, -0.15) is 0 Å². The molecule has 0 bridgehead atoms. The average Bonchev–Trinajstić information content (AvgIpc) is 2.90. The lowest BCUT2D eigenvalue weighted by molar-refractivity contribution is -0.116. The van der Waals surface area contributed by atoms with Crippen molar-refractivity contribution >= 4 is 27.5 Å². The van der Waals surface area contributed by atoms with Crippen LogP contribution in [0.2, 0.25) is 0 Å². The summed E-state index contributed by atoms with van der Waals surface area (Å²) in [6.45, 7) is 0.848. The highest BCUT2D eigenvalue weighted by Crippen LogP contribution is 2.17. The van der Waals surface area contributed by atoms with Crippen LogP contribution in [-0.4, -0.2) is 18.6 Å². The molecule has 1 aromatic rings. The van der Waals surface area contributed by atoms with Gasteiger partial charge < -0.3 is 10.1 Å². The van der Waals surface area contributed by atoms with Crippen molar-refractivity contribution in [3.63, 3.8) is 0 Å². The molecule has 1 N–H and O–H groups in total. The molecule has 2 rings (SSSR count). The molecule has 1 aromatic carbocycles. The highest BCUT2D eigenvalue weighted by Gasteiger charge is 2.16. The second-order valence-corrected chi connectivity index (χ2v) is 5.11. The minimum Gasteiger partial charge on any atom is -0.378 e. The number of benzene rings is 1. The molecule has 4 heteroatoms. The highest BCUT2D eigenvalue weighted by molar-refractivity contribution is 9.08. The predicted molar refractivity (Wildman–Crippen MR) is 75.9 cm³/mol. The molecule has 1 aliphatic heterocycles. The van der Waals surface area contributed by atoms with Crippen molar-refractivity contribution in [1.29, 1.82) is 0 Å². The molecule has 0 aliphatic carbocycles. The van der Waals surface area contributed by atoms with E-state index in [-0.39, 0.29) is 12.0 Å². The maximum absolute atomic E-state index is 11.7. The van der Waals surface area contributed by atoms with E-state index >= 15 is 0 Å². The molecule has 0 aromatic heterocycles. The van der Waals surface area contributed by atoms with Gasteiger partial charge >= 0.3 is 0 Å². The summed E-state index contributed by atoms with van der Waals surface area (Å²) in [6.07, 6.45) is 3.86. The number of anilines is 1. The summed E-state index contributed by atoms with van der Waals surface area (Å²) < 4.78 is 5.50. The summed E-state index contributed by atoms with van der Waals surface area (Å²) in [7, 11) is 0. The summed E-state index contributed by atoms with van der Waals surface area (Å²) in [5, 5.41) is 3.74. The van der Waals surface area contributed by atoms with Crippen LogP contribution >= 0.6 is 15.9 Å². The van der Waals surface area contributed by atoms with Gasteiger partial charge in [0.15, 0.2) is 0 Å². The van der Waals surface area contributed by atoms with Gasteiger partial charge in [-0.05, 0) is 37.0 Å². The monoisotopic (exact) mass is 311 g/mol. The van der Waals surface area contributed by atoms with Crippen molar-refractivity contribution < 1.29 is 9.53 Å². The van der Waals surface area contributed by atoms with Crippen molar-refractivity contribution in [1.82, 2.24) is 0 Å². The molecule has 98 valence electrons. The fourth-order valence-corrected chi connectivity index (χ4v) is 2.44. The Morgan fingerprint density at radius 2 is 2.17 bits per heavy atom. The molecule has 1 aliphatic rings. The quantitative estimate of drug-likeness (QED) is 0.845. The van der Waals surface area contributed by atoms with E-state index in [2.05, 4.69) is 21.2 Å². The average molecular weight is 312 g/mol. The Labute approximate surface area is 116 Å². The fraction of sp³-hybridized carbons (Fsp3) is 0.500. The van der Waals surface area contributed by atoms with Gasteiger partial charge in [-0.3, -0.25) is 4.79 Å². The standard InChI is InChI=1S/C14H18BrNO2/c15-10-11-3-5-12(6-4-11)16-14(17)8-7-13-2-1-9-18-13/h3-6,13H,1-2,7-10H2,(H,16,17). The Morgan fingerprint density at radius 1 is 1.39 bits per heavy atom. The van der Waals surface area contributed by atoms with Gasteiger partial charge in [0.25, 0.3) is 0 Å². The molecule has 0 spiro atoms. The molecule has 1 amide bonds. The third kappa shape index (κ3) is 4.10. The Bertz CT molecular complexity index is 385. The number of carbonyl (C=O) groups excluding carboxylic acids is 1. The van der Waals surface area contributed by atoms with E-state index in [0.29, 0.717) is 6.42 Å². The predicted octanol–water partition coefficient (Wildman–Crippen LogP) is 3.48. The largest absolute Gasteiger partial charge is 0.378 e. The lowest BCUT2D eigenvalue weighted by atomic mass is 10.1. The Balaban J connectivity index is 1.75. The van der Waals surface area contributed by atoms with E-state index in [1.807, 2.05) is 24.3 Å². The molecule has 0 saturated carbocycles. The molecule has 18 heavy (non-hydrogen) atoms. The number of rotatable bonds is 5. The molecule has 1 unspecified atom stereocenters. The first-order valence-corrected chi connectivity index (χ1v) is 7.46. The number of hydrogen-bond acceptors (Lipinski definition) is 2. The number of amides is 1. The van der Waals surface area contributed by atoms with Crippen LogP contribution in [0.5, 0.6) is 0 Å². The summed E-state index contributed by atoms with van der Waals surface area (Å²) in [4.78, 5) is 11.7. The van der Waals surface area contributed by atoms with Crippen LogP contribution in [0, 0.1) is 0 Å². The van der Waals surface area contributed by atoms with Gasteiger partial charge in [-0.1, -0.05) is 28.1 Å². The number of alkyl halides is 1. The summed E-state index contributed by atoms with van der Waals surface area (Å²) in [6, 6.07) is 7.87. The molecule has 1 saturated heterocycles. The van der Waals surface area contributed by atoms with Crippen LogP contribution in [0.15, 0.2) is 24.3 Å². The molecule has 0 radical (unpaired) electrons. The van der Waals surface area contributed by atoms with Gasteiger partial charge in [0.1, 0.15) is 0 Å². The molecular formula is C14H18BrNO2. The zero-order chi connectivity index (χ0) is 12.8. The number of carbonyl (C=O) groups is 1. The number of ether oxygens (including phenoxy) is 1. The smallest absolute Gasteiger partial charge is 0.224 e. The van der Waals surface area contributed by atoms with E-state index in [9.17, 15) is 4.79 Å². The number of nitrogens with one attached hydrogen (secondary N) is 1. The SMILES string of the molecule is O=C(CCC1CCCO1)Nc1ccc(CBr)cc1. The van der Waals surface area contributed by atoms with Gasteiger partial charge in [-0.25, -0.2) is 0 Å². The number of hydrogen-bond donors (Lipinski definition) is 1. The first-order chi connectivity index (χ1) is 8.78. The van der Waals surface area contributed by atoms with E-state index in [1.54, 1.807) is 0 Å². The van der Waals surface area contributed by atoms with Gasteiger partial charge in [0.2, 0.25) is 5.91 Å². The van der Waals surface area contributed by atoms with Gasteiger partial charge in [0, 0.05) is 24.0 Å². The van der Waals surface area contributed by atoms with Crippen LogP contribution in [-0.2, 0) is 14.9 Å². The van der Waals surface area contributed by atoms with Crippen LogP contribution in [0.3, 0.4) is 0 Å². The normalized spacial score (nSPS) is 18.8. The minimum absolute atomic E-state index is 0.0668. The highest BCUT2D eigenvalue weighted by atomic mass is 79.9. The first-order valence-electron chi connectivity index (χ1n) is 6.34. The van der Waals surface area contributed by atoms with Crippen LogP contribution < -0.4 is 5.32 Å². The molecule has 1 heterocycles. The second-order valence-electron chi connectivity index (χ2n) is 4.55. The van der Waals surface area contributed by atoms with E-state index in [4.69, 9.17) is 4.74 Å². The van der Waals surface area contributed by atoms with Crippen molar-refractivity contribution in [3.05, 3.63) is 29.8 Å². The number of halogens is 1. The zero-order valence-corrected chi connectivity index (χ0v) is 11.9. The topological polar surface area (TPSA) is 38.3 Å². The lowest BCUT2D eigenvalue weighted by Crippen LogP contribution is -2.15. The summed E-state index contributed by atoms with van der Waals surface area (Å²) >= 11 is 3.39. The maximum Gasteiger partial charge on any atom is 0.224 e. The Morgan fingerprint density at radius 3 is 2.78 bits per heavy atom. The van der Waals surface area contributed by atoms with Gasteiger partial charge in [0.05, 0.1) is 6.10 Å². The van der Waals surface area contributed by atoms with Crippen LogP contribution in [0.4, 0.5) is 5.69 Å². The van der Waals surface area contributed by atoms with Crippen molar-refractivity contribution in [3.8, 4) is 0 Å². The summed E-state index contributed by atoms with van der Waals surface area (Å²) in [5.41, 5.74) is 2.06. The second kappa shape index (κ2) is 6.90. The fourth-order valence-electron chi connectivity index (χ4n) is 2.06. The Hall–Kier alpha value is -0.870. The Kier molecular flexibility index (Phi) is 5.20. The molecule has 1 atom stereocenters. The third-order valence-corrected chi connectivity index (χ3v) is 3.76. The van der Waals surface area contributed by atoms with Crippen LogP contribution in [0.25, 0.3) is 0 Å². The summed E-state index contributed by atoms with van der Waals surface area (Å²) in [5.74, 6) is 0.0668. The van der Waals surface area contributed by atoms with E-state index in [1.165, 1.54) is 5.56 Å². The molecule has 3 nitrogen and oxygen atoms in total. The van der Waals surface area contributed by atoms with Crippen molar-refractivity contribution in [2.45, 2.75) is 37.1 Å². The van der Waals surface area contributed by atoms with Crippen LogP contribution in [0.1, 0.15) is 31.2 Å². The van der Waals surface area contributed by atoms with E-state index in [0.717, 1.165) is 36.9 Å². The van der Waals surface area contributed by atoms with E-state index < -0.39 is 0 Å². The zero-order valence-electron chi connectivity index (χ0n) is 10.3. The lowest BCUT2D eigenvalue weighted by Gasteiger charge is -2.09. The maximum atomic E-state index is 11.7. The first kappa shape index (κ1) is 13.6.